The molecule has 0 aromatic heterocycles. The van der Waals surface area contributed by atoms with Crippen molar-refractivity contribution in [1.82, 2.24) is 0 Å². The molecule has 0 aliphatic heterocycles. The fourth-order valence-electron chi connectivity index (χ4n) is 2.00. The Bertz CT molecular complexity index is 654. The van der Waals surface area contributed by atoms with Crippen molar-refractivity contribution in [3.8, 4) is 0 Å². The maximum absolute atomic E-state index is 12.3. The summed E-state index contributed by atoms with van der Waals surface area (Å²) in [6.07, 6.45) is -5.54. The van der Waals surface area contributed by atoms with E-state index in [4.69, 9.17) is 15.6 Å². The van der Waals surface area contributed by atoms with Crippen LogP contribution in [0.1, 0.15) is 24.5 Å². The number of nitrogens with one attached hydrogen (secondary N) is 2. The fraction of sp³-hybridized carbons (Fsp3) is 0.375. The second-order valence-electron chi connectivity index (χ2n) is 5.06. The molecule has 0 radical (unpaired) electrons. The molecule has 0 unspecified atom stereocenters. The van der Waals surface area contributed by atoms with Crippen LogP contribution in [-0.2, 0) is 27.2 Å². The molecule has 2 N–H and O–H groups in total. The zero-order chi connectivity index (χ0) is 18.3. The van der Waals surface area contributed by atoms with Gasteiger partial charge in [-0.2, -0.15) is 13.2 Å². The number of carbonyl (C=O) groups is 2. The van der Waals surface area contributed by atoms with E-state index in [1.807, 2.05) is 0 Å². The van der Waals surface area contributed by atoms with Gasteiger partial charge < -0.3 is 15.6 Å². The average Bonchev–Trinajstić information content (AvgIpc) is 2.45. The van der Waals surface area contributed by atoms with Crippen LogP contribution < -0.4 is 0 Å². The first-order valence-electron chi connectivity index (χ1n) is 7.12. The summed E-state index contributed by atoms with van der Waals surface area (Å²) < 4.78 is 41.6. The smallest absolute Gasteiger partial charge is 0.456 e. The lowest BCUT2D eigenvalue weighted by molar-refractivity contribution is -0.163. The number of hydrogen-bond acceptors (Lipinski definition) is 5. The first-order valence-corrected chi connectivity index (χ1v) is 7.12. The van der Waals surface area contributed by atoms with E-state index in [0.717, 1.165) is 0 Å². The van der Waals surface area contributed by atoms with Gasteiger partial charge in [0.1, 0.15) is 0 Å². The lowest BCUT2D eigenvalue weighted by Gasteiger charge is -2.09. The molecule has 0 spiro atoms. The van der Waals surface area contributed by atoms with Gasteiger partial charge in [0.2, 0.25) is 0 Å². The zero-order valence-electron chi connectivity index (χ0n) is 13.0. The summed E-state index contributed by atoms with van der Waals surface area (Å²) >= 11 is 0. The van der Waals surface area contributed by atoms with Crippen LogP contribution >= 0.6 is 0 Å². The number of ketones is 1. The van der Waals surface area contributed by atoms with Crippen molar-refractivity contribution in [2.75, 3.05) is 6.61 Å². The normalized spacial score (nSPS) is 11.0. The quantitative estimate of drug-likeness (QED) is 0.562. The summed E-state index contributed by atoms with van der Waals surface area (Å²) in [6, 6.07) is 6.22. The number of esters is 1. The SMILES string of the molecule is CCOC(=O)CC(=N)Cc1cccc(CC(=N)C(=O)C(F)(F)F)c1. The largest absolute Gasteiger partial charge is 0.466 e. The van der Waals surface area contributed by atoms with Gasteiger partial charge in [-0.1, -0.05) is 24.3 Å². The predicted octanol–water partition coefficient (Wildman–Crippen LogP) is 2.90. The molecule has 0 amide bonds. The molecule has 0 aliphatic carbocycles. The van der Waals surface area contributed by atoms with Crippen LogP contribution in [0.5, 0.6) is 0 Å². The third-order valence-electron chi connectivity index (χ3n) is 2.98. The van der Waals surface area contributed by atoms with Crippen molar-refractivity contribution in [1.29, 1.82) is 10.8 Å². The van der Waals surface area contributed by atoms with Gasteiger partial charge in [0.25, 0.3) is 5.78 Å². The number of hydrogen-bond donors (Lipinski definition) is 2. The Morgan fingerprint density at radius 1 is 1.12 bits per heavy atom. The molecule has 0 aliphatic rings. The molecule has 24 heavy (non-hydrogen) atoms. The van der Waals surface area contributed by atoms with Gasteiger partial charge in [-0.15, -0.1) is 0 Å². The summed E-state index contributed by atoms with van der Waals surface area (Å²) in [5.74, 6) is -2.68. The number of rotatable bonds is 8. The molecule has 8 heteroatoms. The van der Waals surface area contributed by atoms with E-state index in [-0.39, 0.29) is 25.2 Å². The number of alkyl halides is 3. The van der Waals surface area contributed by atoms with Crippen LogP contribution in [0.2, 0.25) is 0 Å². The lowest BCUT2D eigenvalue weighted by Crippen LogP contribution is -2.31. The van der Waals surface area contributed by atoms with E-state index in [1.165, 1.54) is 12.1 Å². The Hall–Kier alpha value is -2.51. The van der Waals surface area contributed by atoms with E-state index in [1.54, 1.807) is 19.1 Å². The van der Waals surface area contributed by atoms with E-state index < -0.39 is 30.1 Å². The summed E-state index contributed by atoms with van der Waals surface area (Å²) in [7, 11) is 0. The van der Waals surface area contributed by atoms with Crippen LogP contribution in [0.4, 0.5) is 13.2 Å². The molecular weight excluding hydrogens is 325 g/mol. The lowest BCUT2D eigenvalue weighted by atomic mass is 10.00. The predicted molar refractivity (Wildman–Crippen MR) is 81.6 cm³/mol. The van der Waals surface area contributed by atoms with Crippen LogP contribution in [0.3, 0.4) is 0 Å². The highest BCUT2D eigenvalue weighted by molar-refractivity contribution is 6.41. The van der Waals surface area contributed by atoms with Gasteiger partial charge in [-0.3, -0.25) is 9.59 Å². The number of benzene rings is 1. The summed E-state index contributed by atoms with van der Waals surface area (Å²) in [4.78, 5) is 22.3. The molecule has 130 valence electrons. The van der Waals surface area contributed by atoms with E-state index in [2.05, 4.69) is 0 Å². The maximum Gasteiger partial charge on any atom is 0.456 e. The second kappa shape index (κ2) is 8.37. The van der Waals surface area contributed by atoms with Crippen LogP contribution in [-0.4, -0.2) is 36.0 Å². The minimum Gasteiger partial charge on any atom is -0.466 e. The third kappa shape index (κ3) is 6.31. The molecule has 1 aromatic rings. The first-order chi connectivity index (χ1) is 11.1. The van der Waals surface area contributed by atoms with E-state index >= 15 is 0 Å². The van der Waals surface area contributed by atoms with Gasteiger partial charge in [0, 0.05) is 18.6 Å². The number of halogens is 3. The Morgan fingerprint density at radius 2 is 1.71 bits per heavy atom. The monoisotopic (exact) mass is 342 g/mol. The van der Waals surface area contributed by atoms with Crippen molar-refractivity contribution >= 4 is 23.2 Å². The van der Waals surface area contributed by atoms with Gasteiger partial charge in [-0.05, 0) is 18.1 Å². The van der Waals surface area contributed by atoms with Crippen molar-refractivity contribution in [3.05, 3.63) is 35.4 Å². The molecule has 0 atom stereocenters. The topological polar surface area (TPSA) is 91.1 Å². The van der Waals surface area contributed by atoms with Crippen molar-refractivity contribution in [2.45, 2.75) is 32.4 Å². The Kier molecular flexibility index (Phi) is 6.82. The fourth-order valence-corrected chi connectivity index (χ4v) is 2.00. The summed E-state index contributed by atoms with van der Waals surface area (Å²) in [5, 5.41) is 15.0. The molecule has 0 saturated heterocycles. The highest BCUT2D eigenvalue weighted by atomic mass is 19.4. The van der Waals surface area contributed by atoms with E-state index in [9.17, 15) is 22.8 Å². The number of ether oxygens (including phenoxy) is 1. The van der Waals surface area contributed by atoms with Crippen LogP contribution in [0.25, 0.3) is 0 Å². The molecule has 0 heterocycles. The highest BCUT2D eigenvalue weighted by Gasteiger charge is 2.40. The summed E-state index contributed by atoms with van der Waals surface area (Å²) in [5.41, 5.74) is 0.0291. The minimum atomic E-state index is -5.06. The molecule has 5 nitrogen and oxygen atoms in total. The van der Waals surface area contributed by atoms with E-state index in [0.29, 0.717) is 11.1 Å². The van der Waals surface area contributed by atoms with Crippen molar-refractivity contribution in [3.63, 3.8) is 0 Å². The van der Waals surface area contributed by atoms with Crippen molar-refractivity contribution < 1.29 is 27.5 Å². The number of carbonyl (C=O) groups excluding carboxylic acids is 2. The van der Waals surface area contributed by atoms with Gasteiger partial charge in [0.15, 0.2) is 0 Å². The molecule has 0 saturated carbocycles. The Balaban J connectivity index is 2.70. The maximum atomic E-state index is 12.3. The second-order valence-corrected chi connectivity index (χ2v) is 5.06. The minimum absolute atomic E-state index is 0.104. The molecular formula is C16H17F3N2O3. The Labute approximate surface area is 136 Å². The standard InChI is InChI=1S/C16H17F3N2O3/c1-2-24-14(22)9-12(20)7-10-4-3-5-11(6-10)8-13(21)15(23)16(17,18)19/h3-6,20-21H,2,7-9H2,1H3. The average molecular weight is 342 g/mol. The number of Topliss-reactive ketones (excluding diaryl/α,β-unsaturated/α-hetero) is 1. The van der Waals surface area contributed by atoms with Gasteiger partial charge >= 0.3 is 12.1 Å². The first kappa shape index (κ1) is 19.5. The molecule has 0 fully saturated rings. The molecule has 1 rings (SSSR count). The van der Waals surface area contributed by atoms with Gasteiger partial charge in [-0.25, -0.2) is 0 Å². The van der Waals surface area contributed by atoms with Crippen molar-refractivity contribution in [2.24, 2.45) is 0 Å². The summed E-state index contributed by atoms with van der Waals surface area (Å²) in [6.45, 7) is 1.87. The highest BCUT2D eigenvalue weighted by Crippen LogP contribution is 2.18. The Morgan fingerprint density at radius 3 is 2.25 bits per heavy atom. The molecule has 1 aromatic carbocycles. The zero-order valence-corrected chi connectivity index (χ0v) is 13.0. The molecule has 0 bridgehead atoms. The van der Waals surface area contributed by atoms with Crippen LogP contribution in [0.15, 0.2) is 24.3 Å². The van der Waals surface area contributed by atoms with Gasteiger partial charge in [0.05, 0.1) is 18.7 Å². The third-order valence-corrected chi connectivity index (χ3v) is 2.98. The van der Waals surface area contributed by atoms with Crippen LogP contribution in [0, 0.1) is 10.8 Å².